The Labute approximate surface area is 154 Å². The number of hydrogen-bond donors (Lipinski definition) is 2. The van der Waals surface area contributed by atoms with Crippen molar-refractivity contribution in [1.82, 2.24) is 5.32 Å². The number of amides is 1. The third-order valence-corrected chi connectivity index (χ3v) is 3.88. The van der Waals surface area contributed by atoms with Crippen molar-refractivity contribution in [2.45, 2.75) is 0 Å². The third kappa shape index (κ3) is 4.29. The van der Waals surface area contributed by atoms with Crippen LogP contribution in [0.15, 0.2) is 36.4 Å². The quantitative estimate of drug-likeness (QED) is 0.775. The number of anilines is 1. The Morgan fingerprint density at radius 2 is 1.62 bits per heavy atom. The molecule has 0 saturated heterocycles. The lowest BCUT2D eigenvalue weighted by Gasteiger charge is -2.14. The van der Waals surface area contributed by atoms with Crippen molar-refractivity contribution < 1.29 is 14.3 Å². The fourth-order valence-corrected chi connectivity index (χ4v) is 2.63. The van der Waals surface area contributed by atoms with E-state index in [-0.39, 0.29) is 26.5 Å². The van der Waals surface area contributed by atoms with Crippen LogP contribution in [-0.2, 0) is 0 Å². The average molecular weight is 385 g/mol. The molecule has 0 heterocycles. The molecule has 0 aliphatic rings. The van der Waals surface area contributed by atoms with E-state index in [0.29, 0.717) is 11.4 Å². The number of rotatable bonds is 4. The fraction of sp³-hybridized carbons (Fsp3) is 0.125. The molecule has 24 heavy (non-hydrogen) atoms. The lowest BCUT2D eigenvalue weighted by Crippen LogP contribution is -2.34. The van der Waals surface area contributed by atoms with Crippen molar-refractivity contribution >= 4 is 52.1 Å². The van der Waals surface area contributed by atoms with E-state index < -0.39 is 5.91 Å². The van der Waals surface area contributed by atoms with Gasteiger partial charge in [0.1, 0.15) is 11.3 Å². The second-order valence-electron chi connectivity index (χ2n) is 4.57. The van der Waals surface area contributed by atoms with Gasteiger partial charge in [-0.05, 0) is 48.6 Å². The highest BCUT2D eigenvalue weighted by molar-refractivity contribution is 7.80. The zero-order chi connectivity index (χ0) is 17.7. The number of carbonyl (C=O) groups excluding carboxylic acids is 1. The third-order valence-electron chi connectivity index (χ3n) is 3.06. The zero-order valence-electron chi connectivity index (χ0n) is 12.9. The van der Waals surface area contributed by atoms with Crippen molar-refractivity contribution in [3.05, 3.63) is 52.0 Å². The van der Waals surface area contributed by atoms with Gasteiger partial charge in [-0.1, -0.05) is 23.2 Å². The molecule has 126 valence electrons. The molecule has 0 bridgehead atoms. The van der Waals surface area contributed by atoms with Gasteiger partial charge in [-0.3, -0.25) is 10.1 Å². The first-order valence-electron chi connectivity index (χ1n) is 6.74. The predicted octanol–water partition coefficient (Wildman–Crippen LogP) is 4.14. The second-order valence-corrected chi connectivity index (χ2v) is 5.80. The van der Waals surface area contributed by atoms with E-state index in [1.165, 1.54) is 13.2 Å². The maximum absolute atomic E-state index is 12.4. The molecule has 0 aliphatic carbocycles. The smallest absolute Gasteiger partial charge is 0.262 e. The van der Waals surface area contributed by atoms with E-state index in [2.05, 4.69) is 10.6 Å². The summed E-state index contributed by atoms with van der Waals surface area (Å²) < 4.78 is 10.2. The molecule has 2 rings (SSSR count). The van der Waals surface area contributed by atoms with Gasteiger partial charge in [0, 0.05) is 5.69 Å². The summed E-state index contributed by atoms with van der Waals surface area (Å²) in [5, 5.41) is 6.04. The molecular weight excluding hydrogens is 371 g/mol. The number of carbonyl (C=O) groups is 1. The van der Waals surface area contributed by atoms with Crippen LogP contribution >= 0.6 is 35.4 Å². The van der Waals surface area contributed by atoms with Crippen LogP contribution in [0.2, 0.25) is 10.0 Å². The summed E-state index contributed by atoms with van der Waals surface area (Å²) >= 11 is 17.2. The van der Waals surface area contributed by atoms with Crippen LogP contribution in [0.25, 0.3) is 0 Å². The molecule has 0 fully saturated rings. The predicted molar refractivity (Wildman–Crippen MR) is 99.7 cm³/mol. The van der Waals surface area contributed by atoms with E-state index in [9.17, 15) is 4.79 Å². The maximum Gasteiger partial charge on any atom is 0.262 e. The number of hydrogen-bond acceptors (Lipinski definition) is 4. The zero-order valence-corrected chi connectivity index (χ0v) is 15.2. The van der Waals surface area contributed by atoms with Gasteiger partial charge in [0.2, 0.25) is 0 Å². The Hall–Kier alpha value is -2.02. The van der Waals surface area contributed by atoms with E-state index in [4.69, 9.17) is 44.9 Å². The monoisotopic (exact) mass is 384 g/mol. The molecule has 8 heteroatoms. The molecule has 0 spiro atoms. The summed E-state index contributed by atoms with van der Waals surface area (Å²) in [4.78, 5) is 12.4. The Balaban J connectivity index is 2.11. The highest BCUT2D eigenvalue weighted by atomic mass is 35.5. The van der Waals surface area contributed by atoms with Gasteiger partial charge in [-0.2, -0.15) is 0 Å². The van der Waals surface area contributed by atoms with Gasteiger partial charge in [-0.15, -0.1) is 0 Å². The molecule has 0 saturated carbocycles. The van der Waals surface area contributed by atoms with E-state index in [0.717, 1.165) is 0 Å². The number of benzene rings is 2. The number of nitrogens with one attached hydrogen (secondary N) is 2. The fourth-order valence-electron chi connectivity index (χ4n) is 1.95. The first kappa shape index (κ1) is 18.3. The van der Waals surface area contributed by atoms with Crippen molar-refractivity contribution in [3.8, 4) is 11.5 Å². The Bertz CT molecular complexity index is 767. The standard InChI is InChI=1S/C16H14Cl2N2O3S/c1-22-10-5-3-9(4-6-10)19-16(24)20-15(21)13-11(17)7-8-12(18)14(13)23-2/h3-8H,1-2H3,(H2,19,20,21,24). The largest absolute Gasteiger partial charge is 0.497 e. The average Bonchev–Trinajstić information content (AvgIpc) is 2.57. The summed E-state index contributed by atoms with van der Waals surface area (Å²) in [5.41, 5.74) is 0.816. The summed E-state index contributed by atoms with van der Waals surface area (Å²) in [6, 6.07) is 10.1. The van der Waals surface area contributed by atoms with E-state index in [1.54, 1.807) is 37.4 Å². The minimum Gasteiger partial charge on any atom is -0.497 e. The number of methoxy groups -OCH3 is 2. The molecule has 0 radical (unpaired) electrons. The highest BCUT2D eigenvalue weighted by Gasteiger charge is 2.20. The normalized spacial score (nSPS) is 10.0. The first-order chi connectivity index (χ1) is 11.5. The van der Waals surface area contributed by atoms with Crippen LogP contribution in [0, 0.1) is 0 Å². The summed E-state index contributed by atoms with van der Waals surface area (Å²) in [7, 11) is 2.98. The lowest BCUT2D eigenvalue weighted by molar-refractivity contribution is 0.0975. The van der Waals surface area contributed by atoms with Gasteiger partial charge < -0.3 is 14.8 Å². The molecular formula is C16H14Cl2N2O3S. The molecule has 2 aromatic rings. The molecule has 2 aromatic carbocycles. The van der Waals surface area contributed by atoms with Gasteiger partial charge >= 0.3 is 0 Å². The SMILES string of the molecule is COc1ccc(NC(=S)NC(=O)c2c(Cl)ccc(Cl)c2OC)cc1. The molecule has 0 atom stereocenters. The minimum atomic E-state index is -0.523. The van der Waals surface area contributed by atoms with Crippen LogP contribution in [0.4, 0.5) is 5.69 Å². The Morgan fingerprint density at radius 3 is 2.21 bits per heavy atom. The van der Waals surface area contributed by atoms with Gasteiger partial charge in [0.15, 0.2) is 10.9 Å². The number of thiocarbonyl (C=S) groups is 1. The maximum atomic E-state index is 12.4. The van der Waals surface area contributed by atoms with Crippen molar-refractivity contribution in [2.75, 3.05) is 19.5 Å². The van der Waals surface area contributed by atoms with E-state index >= 15 is 0 Å². The van der Waals surface area contributed by atoms with Gasteiger partial charge in [-0.25, -0.2) is 0 Å². The topological polar surface area (TPSA) is 59.6 Å². The van der Waals surface area contributed by atoms with Crippen LogP contribution in [0.3, 0.4) is 0 Å². The van der Waals surface area contributed by atoms with E-state index in [1.807, 2.05) is 0 Å². The molecule has 2 N–H and O–H groups in total. The first-order valence-corrected chi connectivity index (χ1v) is 7.91. The summed E-state index contributed by atoms with van der Waals surface area (Å²) in [6.07, 6.45) is 0. The van der Waals surface area contributed by atoms with Gasteiger partial charge in [0.25, 0.3) is 5.91 Å². The molecule has 0 aromatic heterocycles. The Morgan fingerprint density at radius 1 is 1.00 bits per heavy atom. The van der Waals surface area contributed by atoms with Crippen molar-refractivity contribution in [3.63, 3.8) is 0 Å². The molecule has 5 nitrogen and oxygen atoms in total. The van der Waals surface area contributed by atoms with Gasteiger partial charge in [0.05, 0.1) is 24.3 Å². The van der Waals surface area contributed by atoms with Crippen LogP contribution in [0.5, 0.6) is 11.5 Å². The molecule has 1 amide bonds. The van der Waals surface area contributed by atoms with Crippen LogP contribution in [-0.4, -0.2) is 25.2 Å². The van der Waals surface area contributed by atoms with Crippen molar-refractivity contribution in [2.24, 2.45) is 0 Å². The Kier molecular flexibility index (Phi) is 6.25. The lowest BCUT2D eigenvalue weighted by atomic mass is 10.2. The number of ether oxygens (including phenoxy) is 2. The van der Waals surface area contributed by atoms with Crippen LogP contribution in [0.1, 0.15) is 10.4 Å². The minimum absolute atomic E-state index is 0.114. The number of halogens is 2. The molecule has 0 aliphatic heterocycles. The summed E-state index contributed by atoms with van der Waals surface area (Å²) in [5.74, 6) is 0.380. The molecule has 0 unspecified atom stereocenters. The second kappa shape index (κ2) is 8.19. The highest BCUT2D eigenvalue weighted by Crippen LogP contribution is 2.33. The van der Waals surface area contributed by atoms with Crippen molar-refractivity contribution in [1.29, 1.82) is 0 Å². The summed E-state index contributed by atoms with van der Waals surface area (Å²) in [6.45, 7) is 0. The van der Waals surface area contributed by atoms with Crippen LogP contribution < -0.4 is 20.1 Å².